The van der Waals surface area contributed by atoms with Gasteiger partial charge in [-0.1, -0.05) is 16.9 Å². The second kappa shape index (κ2) is 5.42. The van der Waals surface area contributed by atoms with Gasteiger partial charge in [0.25, 0.3) is 0 Å². The predicted octanol–water partition coefficient (Wildman–Crippen LogP) is 3.08. The number of rotatable bonds is 5. The van der Waals surface area contributed by atoms with Crippen LogP contribution in [0.3, 0.4) is 0 Å². The van der Waals surface area contributed by atoms with E-state index < -0.39 is 5.97 Å². The minimum absolute atomic E-state index is 0.150. The molecule has 0 aromatic carbocycles. The maximum atomic E-state index is 10.6. The zero-order valence-corrected chi connectivity index (χ0v) is 10.3. The highest BCUT2D eigenvalue weighted by Crippen LogP contribution is 2.41. The summed E-state index contributed by atoms with van der Waals surface area (Å²) in [5, 5.41) is 9.61. The van der Waals surface area contributed by atoms with Crippen LogP contribution in [0, 0.1) is 0 Å². The second-order valence-corrected chi connectivity index (χ2v) is 6.52. The third kappa shape index (κ3) is 5.09. The molecule has 0 unspecified atom stereocenters. The van der Waals surface area contributed by atoms with E-state index in [9.17, 15) is 4.79 Å². The van der Waals surface area contributed by atoms with Crippen molar-refractivity contribution in [2.75, 3.05) is 0 Å². The first-order chi connectivity index (χ1) is 6.99. The lowest BCUT2D eigenvalue weighted by Gasteiger charge is -2.20. The number of carbonyl (C=O) groups is 1. The number of hydrogen-bond acceptors (Lipinski definition) is 4. The molecule has 0 radical (unpaired) electrons. The molecule has 0 saturated heterocycles. The van der Waals surface area contributed by atoms with E-state index in [1.807, 2.05) is 32.0 Å². The molecular weight excluding hydrogens is 230 g/mol. The van der Waals surface area contributed by atoms with Gasteiger partial charge >= 0.3 is 5.97 Å². The van der Waals surface area contributed by atoms with Crippen molar-refractivity contribution in [1.29, 1.82) is 0 Å². The smallest absolute Gasteiger partial charge is 0.304 e. The van der Waals surface area contributed by atoms with E-state index in [0.29, 0.717) is 0 Å². The van der Waals surface area contributed by atoms with Gasteiger partial charge < -0.3 is 5.11 Å². The van der Waals surface area contributed by atoms with Crippen molar-refractivity contribution in [2.45, 2.75) is 30.0 Å². The highest BCUT2D eigenvalue weighted by Gasteiger charge is 2.23. The molecule has 15 heavy (non-hydrogen) atoms. The van der Waals surface area contributed by atoms with Crippen LogP contribution in [-0.4, -0.2) is 20.8 Å². The Morgan fingerprint density at radius 2 is 2.27 bits per heavy atom. The van der Waals surface area contributed by atoms with Gasteiger partial charge in [0.05, 0.1) is 6.42 Å². The lowest BCUT2D eigenvalue weighted by molar-refractivity contribution is -0.137. The molecule has 5 heteroatoms. The highest BCUT2D eigenvalue weighted by molar-refractivity contribution is 8.77. The Hall–Kier alpha value is -0.680. The van der Waals surface area contributed by atoms with E-state index in [0.717, 1.165) is 5.03 Å². The Kier molecular flexibility index (Phi) is 4.47. The molecule has 1 N–H and O–H groups in total. The number of pyridine rings is 1. The summed E-state index contributed by atoms with van der Waals surface area (Å²) in [6, 6.07) is 5.69. The molecule has 0 aliphatic heterocycles. The summed E-state index contributed by atoms with van der Waals surface area (Å²) in [6.07, 6.45) is 1.88. The number of aromatic nitrogens is 1. The van der Waals surface area contributed by atoms with Crippen LogP contribution in [0.2, 0.25) is 0 Å². The molecule has 82 valence electrons. The van der Waals surface area contributed by atoms with Crippen LogP contribution in [0.25, 0.3) is 0 Å². The van der Waals surface area contributed by atoms with Gasteiger partial charge in [0.1, 0.15) is 5.03 Å². The molecule has 0 amide bonds. The number of aliphatic carboxylic acids is 1. The quantitative estimate of drug-likeness (QED) is 0.805. The summed E-state index contributed by atoms with van der Waals surface area (Å²) in [6.45, 7) is 3.84. The van der Waals surface area contributed by atoms with Crippen molar-refractivity contribution in [3.63, 3.8) is 0 Å². The lowest BCUT2D eigenvalue weighted by Crippen LogP contribution is -2.18. The molecule has 1 rings (SSSR count). The molecular formula is C10H13NO2S2. The van der Waals surface area contributed by atoms with Crippen molar-refractivity contribution < 1.29 is 9.90 Å². The maximum Gasteiger partial charge on any atom is 0.304 e. The number of nitrogens with zero attached hydrogens (tertiary/aromatic N) is 1. The normalized spacial score (nSPS) is 11.3. The van der Waals surface area contributed by atoms with E-state index in [4.69, 9.17) is 5.11 Å². The van der Waals surface area contributed by atoms with Crippen LogP contribution in [0.1, 0.15) is 20.3 Å². The van der Waals surface area contributed by atoms with Crippen LogP contribution >= 0.6 is 21.6 Å². The molecule has 0 atom stereocenters. The average Bonchev–Trinajstić information content (AvgIpc) is 2.15. The summed E-state index contributed by atoms with van der Waals surface area (Å²) in [7, 11) is 3.05. The molecule has 0 spiro atoms. The molecule has 0 bridgehead atoms. The van der Waals surface area contributed by atoms with E-state index >= 15 is 0 Å². The van der Waals surface area contributed by atoms with Gasteiger partial charge in [0, 0.05) is 10.9 Å². The van der Waals surface area contributed by atoms with Gasteiger partial charge in [-0.3, -0.25) is 4.79 Å². The Morgan fingerprint density at radius 3 is 2.80 bits per heavy atom. The monoisotopic (exact) mass is 243 g/mol. The van der Waals surface area contributed by atoms with Gasteiger partial charge in [-0.2, -0.15) is 0 Å². The number of carboxylic acid groups (broad SMARTS) is 1. The zero-order chi connectivity index (χ0) is 11.3. The van der Waals surface area contributed by atoms with Crippen molar-refractivity contribution >= 4 is 27.6 Å². The van der Waals surface area contributed by atoms with Gasteiger partial charge in [0.2, 0.25) is 0 Å². The summed E-state index contributed by atoms with van der Waals surface area (Å²) in [5.41, 5.74) is 0. The summed E-state index contributed by atoms with van der Waals surface area (Å²) in [4.78, 5) is 14.7. The Balaban J connectivity index is 2.46. The minimum Gasteiger partial charge on any atom is -0.481 e. The average molecular weight is 243 g/mol. The first-order valence-corrected chi connectivity index (χ1v) is 6.63. The minimum atomic E-state index is -0.769. The third-order valence-electron chi connectivity index (χ3n) is 1.57. The standard InChI is InChI=1S/C10H13NO2S2/c1-10(2,7-9(12)13)15-14-8-5-3-4-6-11-8/h3-6H,7H2,1-2H3,(H,12,13). The second-order valence-electron chi connectivity index (χ2n) is 3.66. The van der Waals surface area contributed by atoms with Crippen LogP contribution in [0.4, 0.5) is 0 Å². The van der Waals surface area contributed by atoms with Crippen molar-refractivity contribution in [3.05, 3.63) is 24.4 Å². The fourth-order valence-electron chi connectivity index (χ4n) is 0.946. The van der Waals surface area contributed by atoms with Crippen LogP contribution < -0.4 is 0 Å². The maximum absolute atomic E-state index is 10.6. The van der Waals surface area contributed by atoms with E-state index in [1.165, 1.54) is 21.6 Å². The molecule has 1 aromatic heterocycles. The van der Waals surface area contributed by atoms with E-state index in [-0.39, 0.29) is 11.2 Å². The van der Waals surface area contributed by atoms with E-state index in [2.05, 4.69) is 4.98 Å². The molecule has 0 aliphatic rings. The Bertz CT molecular complexity index is 327. The molecule has 0 fully saturated rings. The summed E-state index contributed by atoms with van der Waals surface area (Å²) < 4.78 is -0.284. The lowest BCUT2D eigenvalue weighted by atomic mass is 10.1. The largest absolute Gasteiger partial charge is 0.481 e. The molecule has 1 heterocycles. The van der Waals surface area contributed by atoms with Gasteiger partial charge in [-0.25, -0.2) is 4.98 Å². The molecule has 0 saturated carbocycles. The van der Waals surface area contributed by atoms with Gasteiger partial charge in [-0.15, -0.1) is 0 Å². The first-order valence-electron chi connectivity index (χ1n) is 4.48. The van der Waals surface area contributed by atoms with Crippen LogP contribution in [0.15, 0.2) is 29.4 Å². The zero-order valence-electron chi connectivity index (χ0n) is 8.64. The number of hydrogen-bond donors (Lipinski definition) is 1. The topological polar surface area (TPSA) is 50.2 Å². The fraction of sp³-hybridized carbons (Fsp3) is 0.400. The predicted molar refractivity (Wildman–Crippen MR) is 64.0 cm³/mol. The highest BCUT2D eigenvalue weighted by atomic mass is 33.1. The van der Waals surface area contributed by atoms with E-state index in [1.54, 1.807) is 6.20 Å². The SMILES string of the molecule is CC(C)(CC(=O)O)SSc1ccccn1. The van der Waals surface area contributed by atoms with Gasteiger partial charge in [0.15, 0.2) is 0 Å². The summed E-state index contributed by atoms with van der Waals surface area (Å²) >= 11 is 0. The summed E-state index contributed by atoms with van der Waals surface area (Å²) in [5.74, 6) is -0.769. The Labute approximate surface area is 97.1 Å². The Morgan fingerprint density at radius 1 is 1.53 bits per heavy atom. The fourth-order valence-corrected chi connectivity index (χ4v) is 3.08. The van der Waals surface area contributed by atoms with Crippen LogP contribution in [-0.2, 0) is 4.79 Å². The van der Waals surface area contributed by atoms with Crippen molar-refractivity contribution in [3.8, 4) is 0 Å². The molecule has 1 aromatic rings. The third-order valence-corrected chi connectivity index (χ3v) is 4.77. The van der Waals surface area contributed by atoms with Crippen molar-refractivity contribution in [2.24, 2.45) is 0 Å². The van der Waals surface area contributed by atoms with Gasteiger partial charge in [-0.05, 0) is 36.8 Å². The van der Waals surface area contributed by atoms with Crippen molar-refractivity contribution in [1.82, 2.24) is 4.98 Å². The van der Waals surface area contributed by atoms with Crippen LogP contribution in [0.5, 0.6) is 0 Å². The molecule has 0 aliphatic carbocycles. The first kappa shape index (κ1) is 12.4. The molecule has 3 nitrogen and oxygen atoms in total. The number of carboxylic acids is 1.